The molecule has 1 atom stereocenters. The van der Waals surface area contributed by atoms with E-state index in [1.807, 2.05) is 6.92 Å². The van der Waals surface area contributed by atoms with Crippen molar-refractivity contribution in [3.63, 3.8) is 0 Å². The van der Waals surface area contributed by atoms with Crippen LogP contribution >= 0.6 is 0 Å². The molecule has 0 amide bonds. The topological polar surface area (TPSA) is 47.5 Å². The van der Waals surface area contributed by atoms with Crippen LogP contribution in [0.3, 0.4) is 0 Å². The van der Waals surface area contributed by atoms with Gasteiger partial charge in [-0.25, -0.2) is 4.98 Å². The molecule has 1 aliphatic carbocycles. The second-order valence-electron chi connectivity index (χ2n) is 7.52. The molecular formula is C18H27N3O2. The number of hydrogen-bond acceptors (Lipinski definition) is 5. The summed E-state index contributed by atoms with van der Waals surface area (Å²) in [7, 11) is 0. The molecule has 0 radical (unpaired) electrons. The van der Waals surface area contributed by atoms with E-state index in [4.69, 9.17) is 9.47 Å². The zero-order chi connectivity index (χ0) is 15.7. The molecule has 2 aliphatic heterocycles. The molecule has 0 unspecified atom stereocenters. The lowest BCUT2D eigenvalue weighted by atomic mass is 9.76. The van der Waals surface area contributed by atoms with Crippen LogP contribution in [-0.4, -0.2) is 52.8 Å². The van der Waals surface area contributed by atoms with E-state index in [-0.39, 0.29) is 5.60 Å². The number of ether oxygens (including phenoxy) is 2. The van der Waals surface area contributed by atoms with Crippen LogP contribution in [0, 0.1) is 12.8 Å². The molecule has 3 heterocycles. The first-order chi connectivity index (χ1) is 11.2. The van der Waals surface area contributed by atoms with Crippen molar-refractivity contribution in [1.82, 2.24) is 14.9 Å². The van der Waals surface area contributed by atoms with E-state index < -0.39 is 0 Å². The molecule has 0 bridgehead atoms. The molecule has 1 aromatic heterocycles. The van der Waals surface area contributed by atoms with Crippen molar-refractivity contribution in [2.24, 2.45) is 5.92 Å². The van der Waals surface area contributed by atoms with Crippen molar-refractivity contribution in [2.45, 2.75) is 57.1 Å². The summed E-state index contributed by atoms with van der Waals surface area (Å²) >= 11 is 0. The Morgan fingerprint density at radius 3 is 2.91 bits per heavy atom. The Hall–Kier alpha value is -1.20. The number of aryl methyl sites for hydroxylation is 1. The smallest absolute Gasteiger partial charge is 0.232 e. The Morgan fingerprint density at radius 2 is 2.17 bits per heavy atom. The predicted octanol–water partition coefficient (Wildman–Crippen LogP) is 2.59. The van der Waals surface area contributed by atoms with E-state index in [0.29, 0.717) is 11.8 Å². The Morgan fingerprint density at radius 1 is 1.30 bits per heavy atom. The monoisotopic (exact) mass is 317 g/mol. The second kappa shape index (κ2) is 6.36. The highest BCUT2D eigenvalue weighted by Crippen LogP contribution is 2.41. The largest absolute Gasteiger partial charge is 0.477 e. The molecule has 1 saturated carbocycles. The molecule has 1 spiro atoms. The lowest BCUT2D eigenvalue weighted by molar-refractivity contribution is -0.195. The predicted molar refractivity (Wildman–Crippen MR) is 87.5 cm³/mol. The van der Waals surface area contributed by atoms with Gasteiger partial charge in [0.2, 0.25) is 5.88 Å². The van der Waals surface area contributed by atoms with Crippen molar-refractivity contribution in [1.29, 1.82) is 0 Å². The van der Waals surface area contributed by atoms with Crippen molar-refractivity contribution >= 4 is 0 Å². The van der Waals surface area contributed by atoms with Gasteiger partial charge in [0.05, 0.1) is 24.1 Å². The second-order valence-corrected chi connectivity index (χ2v) is 7.52. The highest BCUT2D eigenvalue weighted by atomic mass is 16.5. The number of nitrogens with zero attached hydrogens (tertiary/aromatic N) is 3. The third-order valence-electron chi connectivity index (χ3n) is 5.68. The maximum Gasteiger partial charge on any atom is 0.232 e. The molecule has 0 N–H and O–H groups in total. The summed E-state index contributed by atoms with van der Waals surface area (Å²) in [6.07, 6.45) is 11.1. The SMILES string of the molecule is Cc1cncc(OCC[C@H]2CCOC3(C2)CN(C2CCC2)C3)n1. The fourth-order valence-corrected chi connectivity index (χ4v) is 4.14. The van der Waals surface area contributed by atoms with Crippen molar-refractivity contribution < 1.29 is 9.47 Å². The van der Waals surface area contributed by atoms with Crippen LogP contribution in [0.25, 0.3) is 0 Å². The fourth-order valence-electron chi connectivity index (χ4n) is 4.14. The third kappa shape index (κ3) is 3.36. The van der Waals surface area contributed by atoms with Crippen molar-refractivity contribution in [3.05, 3.63) is 18.1 Å². The summed E-state index contributed by atoms with van der Waals surface area (Å²) in [5, 5.41) is 0. The highest BCUT2D eigenvalue weighted by molar-refractivity contribution is 5.07. The van der Waals surface area contributed by atoms with E-state index in [9.17, 15) is 0 Å². The molecule has 5 nitrogen and oxygen atoms in total. The van der Waals surface area contributed by atoms with Gasteiger partial charge in [0.15, 0.2) is 0 Å². The van der Waals surface area contributed by atoms with Crippen LogP contribution in [-0.2, 0) is 4.74 Å². The van der Waals surface area contributed by atoms with Crippen molar-refractivity contribution in [3.8, 4) is 5.88 Å². The Bertz CT molecular complexity index is 541. The molecule has 4 rings (SSSR count). The molecule has 0 aromatic carbocycles. The van der Waals surface area contributed by atoms with Gasteiger partial charge in [0, 0.05) is 31.9 Å². The molecule has 23 heavy (non-hydrogen) atoms. The van der Waals surface area contributed by atoms with Gasteiger partial charge in [0.25, 0.3) is 0 Å². The van der Waals surface area contributed by atoms with Crippen LogP contribution in [0.2, 0.25) is 0 Å². The number of hydrogen-bond donors (Lipinski definition) is 0. The van der Waals surface area contributed by atoms with E-state index in [1.54, 1.807) is 12.4 Å². The zero-order valence-corrected chi connectivity index (χ0v) is 14.0. The Balaban J connectivity index is 1.22. The normalized spacial score (nSPS) is 27.4. The van der Waals surface area contributed by atoms with Gasteiger partial charge in [-0.2, -0.15) is 0 Å². The Kier molecular flexibility index (Phi) is 4.24. The summed E-state index contributed by atoms with van der Waals surface area (Å²) in [6, 6.07) is 0.854. The Labute approximate surface area is 138 Å². The van der Waals surface area contributed by atoms with E-state index in [1.165, 1.54) is 25.7 Å². The summed E-state index contributed by atoms with van der Waals surface area (Å²) in [6.45, 7) is 5.88. The van der Waals surface area contributed by atoms with Crippen LogP contribution in [0.15, 0.2) is 12.4 Å². The first-order valence-corrected chi connectivity index (χ1v) is 9.02. The molecule has 2 saturated heterocycles. The minimum atomic E-state index is 0.154. The summed E-state index contributed by atoms with van der Waals surface area (Å²) in [4.78, 5) is 11.1. The van der Waals surface area contributed by atoms with Crippen LogP contribution in [0.1, 0.15) is 44.2 Å². The van der Waals surface area contributed by atoms with Crippen LogP contribution in [0.4, 0.5) is 0 Å². The molecule has 1 aromatic rings. The number of aromatic nitrogens is 2. The lowest BCUT2D eigenvalue weighted by Crippen LogP contribution is -2.68. The summed E-state index contributed by atoms with van der Waals surface area (Å²) < 4.78 is 11.9. The van der Waals surface area contributed by atoms with Gasteiger partial charge in [-0.15, -0.1) is 0 Å². The van der Waals surface area contributed by atoms with Gasteiger partial charge in [-0.1, -0.05) is 6.42 Å². The van der Waals surface area contributed by atoms with E-state index >= 15 is 0 Å². The molecule has 3 fully saturated rings. The summed E-state index contributed by atoms with van der Waals surface area (Å²) in [5.41, 5.74) is 1.06. The number of likely N-dealkylation sites (tertiary alicyclic amines) is 1. The van der Waals surface area contributed by atoms with Crippen molar-refractivity contribution in [2.75, 3.05) is 26.3 Å². The van der Waals surface area contributed by atoms with E-state index in [2.05, 4.69) is 14.9 Å². The lowest BCUT2D eigenvalue weighted by Gasteiger charge is -2.57. The van der Waals surface area contributed by atoms with Gasteiger partial charge in [-0.3, -0.25) is 9.88 Å². The zero-order valence-electron chi connectivity index (χ0n) is 14.0. The van der Waals surface area contributed by atoms with Gasteiger partial charge in [-0.05, 0) is 44.9 Å². The quantitative estimate of drug-likeness (QED) is 0.835. The number of rotatable bonds is 5. The van der Waals surface area contributed by atoms with Crippen LogP contribution < -0.4 is 4.74 Å². The third-order valence-corrected chi connectivity index (χ3v) is 5.68. The molecule has 126 valence electrons. The maximum atomic E-state index is 6.16. The van der Waals surface area contributed by atoms with E-state index in [0.717, 1.165) is 50.9 Å². The van der Waals surface area contributed by atoms with Gasteiger partial charge < -0.3 is 9.47 Å². The highest BCUT2D eigenvalue weighted by Gasteiger charge is 2.49. The van der Waals surface area contributed by atoms with Crippen LogP contribution in [0.5, 0.6) is 5.88 Å². The van der Waals surface area contributed by atoms with Gasteiger partial charge >= 0.3 is 0 Å². The standard InChI is InChI=1S/C18H27N3O2/c1-14-10-19-11-17(20-14)22-7-5-15-6-8-23-18(9-15)12-21(13-18)16-3-2-4-16/h10-11,15-16H,2-9,12-13H2,1H3/t15-/m0/s1. The molecule has 5 heteroatoms. The first kappa shape index (κ1) is 15.3. The molecular weight excluding hydrogens is 290 g/mol. The molecule has 3 aliphatic rings. The average molecular weight is 317 g/mol. The fraction of sp³-hybridized carbons (Fsp3) is 0.778. The minimum Gasteiger partial charge on any atom is -0.477 e. The minimum absolute atomic E-state index is 0.154. The summed E-state index contributed by atoms with van der Waals surface area (Å²) in [5.74, 6) is 1.36. The maximum absolute atomic E-state index is 6.16. The first-order valence-electron chi connectivity index (χ1n) is 9.02. The van der Waals surface area contributed by atoms with Gasteiger partial charge in [0.1, 0.15) is 0 Å². The average Bonchev–Trinajstić information content (AvgIpc) is 2.44.